The number of carbonyl (C=O) groups is 1. The highest BCUT2D eigenvalue weighted by Crippen LogP contribution is 2.12. The zero-order chi connectivity index (χ0) is 15.8. The minimum Gasteiger partial charge on any atom is -0.465 e. The SMILES string of the molecule is C[C@@H](NC(=O)/C(C#N)=C/C=C/c1ccco1)c1ccccc1. The molecule has 1 amide bonds. The zero-order valence-corrected chi connectivity index (χ0v) is 12.2. The monoisotopic (exact) mass is 292 g/mol. The maximum Gasteiger partial charge on any atom is 0.262 e. The Hall–Kier alpha value is -3.06. The standard InChI is InChI=1S/C18H16N2O2/c1-14(15-7-3-2-4-8-15)20-18(21)16(13-19)9-5-10-17-11-6-12-22-17/h2-12,14H,1H3,(H,20,21)/b10-5+,16-9+/t14-/m1/s1. The molecule has 0 radical (unpaired) electrons. The van der Waals surface area contributed by atoms with Gasteiger partial charge in [0.15, 0.2) is 0 Å². The number of hydrogen-bond acceptors (Lipinski definition) is 3. The van der Waals surface area contributed by atoms with Gasteiger partial charge in [0.25, 0.3) is 5.91 Å². The molecular formula is C18H16N2O2. The summed E-state index contributed by atoms with van der Waals surface area (Å²) in [7, 11) is 0. The normalized spacial score (nSPS) is 12.8. The molecule has 2 rings (SSSR count). The van der Waals surface area contributed by atoms with Crippen LogP contribution in [0.25, 0.3) is 6.08 Å². The van der Waals surface area contributed by atoms with E-state index in [0.717, 1.165) is 5.56 Å². The third-order valence-electron chi connectivity index (χ3n) is 3.08. The third kappa shape index (κ3) is 4.22. The van der Waals surface area contributed by atoms with Gasteiger partial charge < -0.3 is 9.73 Å². The third-order valence-corrected chi connectivity index (χ3v) is 3.08. The predicted molar refractivity (Wildman–Crippen MR) is 84.4 cm³/mol. The van der Waals surface area contributed by atoms with E-state index in [9.17, 15) is 4.79 Å². The lowest BCUT2D eigenvalue weighted by molar-refractivity contribution is -0.117. The molecule has 110 valence electrons. The molecule has 1 aromatic heterocycles. The Bertz CT molecular complexity index is 707. The largest absolute Gasteiger partial charge is 0.465 e. The van der Waals surface area contributed by atoms with Crippen LogP contribution in [0.4, 0.5) is 0 Å². The smallest absolute Gasteiger partial charge is 0.262 e. The Morgan fingerprint density at radius 1 is 1.27 bits per heavy atom. The van der Waals surface area contributed by atoms with Crippen molar-refractivity contribution >= 4 is 12.0 Å². The number of benzene rings is 1. The highest BCUT2D eigenvalue weighted by molar-refractivity contribution is 5.97. The van der Waals surface area contributed by atoms with E-state index >= 15 is 0 Å². The summed E-state index contributed by atoms with van der Waals surface area (Å²) in [5, 5.41) is 11.9. The van der Waals surface area contributed by atoms with E-state index in [4.69, 9.17) is 9.68 Å². The molecule has 4 heteroatoms. The number of hydrogen-bond donors (Lipinski definition) is 1. The fourth-order valence-electron chi connectivity index (χ4n) is 1.89. The van der Waals surface area contributed by atoms with Gasteiger partial charge >= 0.3 is 0 Å². The van der Waals surface area contributed by atoms with Crippen molar-refractivity contribution in [3.8, 4) is 6.07 Å². The van der Waals surface area contributed by atoms with E-state index in [2.05, 4.69) is 5.32 Å². The molecule has 1 N–H and O–H groups in total. The molecule has 0 aliphatic heterocycles. The van der Waals surface area contributed by atoms with Crippen LogP contribution in [-0.4, -0.2) is 5.91 Å². The topological polar surface area (TPSA) is 66.0 Å². The molecule has 0 aliphatic carbocycles. The van der Waals surface area contributed by atoms with Gasteiger partial charge in [0.2, 0.25) is 0 Å². The lowest BCUT2D eigenvalue weighted by Gasteiger charge is -2.13. The number of allylic oxidation sites excluding steroid dienone is 2. The molecule has 1 aromatic carbocycles. The van der Waals surface area contributed by atoms with Crippen LogP contribution in [0.3, 0.4) is 0 Å². The van der Waals surface area contributed by atoms with Crippen molar-refractivity contribution in [1.29, 1.82) is 5.26 Å². The number of carbonyl (C=O) groups excluding carboxylic acids is 1. The van der Waals surface area contributed by atoms with Crippen LogP contribution in [0.2, 0.25) is 0 Å². The van der Waals surface area contributed by atoms with Gasteiger partial charge in [-0.15, -0.1) is 0 Å². The second-order valence-electron chi connectivity index (χ2n) is 4.67. The quantitative estimate of drug-likeness (QED) is 0.520. The van der Waals surface area contributed by atoms with E-state index < -0.39 is 5.91 Å². The average molecular weight is 292 g/mol. The second kappa shape index (κ2) is 7.65. The van der Waals surface area contributed by atoms with Crippen LogP contribution in [0.15, 0.2) is 70.9 Å². The lowest BCUT2D eigenvalue weighted by Crippen LogP contribution is -2.27. The molecule has 0 bridgehead atoms. The van der Waals surface area contributed by atoms with E-state index in [1.54, 1.807) is 30.5 Å². The summed E-state index contributed by atoms with van der Waals surface area (Å²) < 4.78 is 5.13. The van der Waals surface area contributed by atoms with Gasteiger partial charge in [0.1, 0.15) is 17.4 Å². The molecule has 0 spiro atoms. The van der Waals surface area contributed by atoms with Crippen LogP contribution in [0, 0.1) is 11.3 Å². The van der Waals surface area contributed by atoms with E-state index in [-0.39, 0.29) is 11.6 Å². The molecule has 1 heterocycles. The molecule has 0 saturated heterocycles. The molecule has 0 aliphatic rings. The van der Waals surface area contributed by atoms with Crippen LogP contribution < -0.4 is 5.32 Å². The molecule has 0 unspecified atom stereocenters. The molecule has 22 heavy (non-hydrogen) atoms. The fraction of sp³-hybridized carbons (Fsp3) is 0.111. The molecule has 1 atom stereocenters. The number of nitrogens with one attached hydrogen (secondary N) is 1. The molecular weight excluding hydrogens is 276 g/mol. The minimum absolute atomic E-state index is 0.0468. The van der Waals surface area contributed by atoms with Crippen LogP contribution in [0.5, 0.6) is 0 Å². The van der Waals surface area contributed by atoms with Crippen molar-refractivity contribution in [2.75, 3.05) is 0 Å². The van der Waals surface area contributed by atoms with Gasteiger partial charge in [-0.3, -0.25) is 4.79 Å². The summed E-state index contributed by atoms with van der Waals surface area (Å²) in [5.74, 6) is 0.259. The molecule has 4 nitrogen and oxygen atoms in total. The first-order valence-corrected chi connectivity index (χ1v) is 6.88. The van der Waals surface area contributed by atoms with Gasteiger partial charge in [-0.05, 0) is 36.8 Å². The van der Waals surface area contributed by atoms with Gasteiger partial charge in [0, 0.05) is 0 Å². The van der Waals surface area contributed by atoms with Crippen molar-refractivity contribution in [2.45, 2.75) is 13.0 Å². The van der Waals surface area contributed by atoms with Gasteiger partial charge in [-0.1, -0.05) is 36.4 Å². The first kappa shape index (κ1) is 15.3. The Morgan fingerprint density at radius 2 is 2.05 bits per heavy atom. The summed E-state index contributed by atoms with van der Waals surface area (Å²) in [4.78, 5) is 12.1. The highest BCUT2D eigenvalue weighted by atomic mass is 16.3. The van der Waals surface area contributed by atoms with E-state index in [1.165, 1.54) is 6.08 Å². The predicted octanol–water partition coefficient (Wildman–Crippen LogP) is 3.62. The van der Waals surface area contributed by atoms with Crippen LogP contribution in [0.1, 0.15) is 24.3 Å². The average Bonchev–Trinajstić information content (AvgIpc) is 3.05. The summed E-state index contributed by atoms with van der Waals surface area (Å²) in [6, 6.07) is 14.9. The van der Waals surface area contributed by atoms with E-state index in [0.29, 0.717) is 5.76 Å². The van der Waals surface area contributed by atoms with Gasteiger partial charge in [0.05, 0.1) is 12.3 Å². The summed E-state index contributed by atoms with van der Waals surface area (Å²) in [6.07, 6.45) is 6.33. The molecule has 0 saturated carbocycles. The Kier molecular flexibility index (Phi) is 5.33. The maximum absolute atomic E-state index is 12.1. The van der Waals surface area contributed by atoms with Crippen molar-refractivity contribution < 1.29 is 9.21 Å². The number of furan rings is 1. The number of amides is 1. The summed E-state index contributed by atoms with van der Waals surface area (Å²) >= 11 is 0. The number of nitrogens with zero attached hydrogens (tertiary/aromatic N) is 1. The Balaban J connectivity index is 2.01. The van der Waals surface area contributed by atoms with Crippen LogP contribution in [-0.2, 0) is 4.79 Å². The van der Waals surface area contributed by atoms with E-state index in [1.807, 2.05) is 43.3 Å². The van der Waals surface area contributed by atoms with Crippen LogP contribution >= 0.6 is 0 Å². The first-order valence-electron chi connectivity index (χ1n) is 6.88. The summed E-state index contributed by atoms with van der Waals surface area (Å²) in [5.41, 5.74) is 1.03. The lowest BCUT2D eigenvalue weighted by atomic mass is 10.1. The van der Waals surface area contributed by atoms with Crippen molar-refractivity contribution in [2.24, 2.45) is 0 Å². The Labute approximate surface area is 129 Å². The number of rotatable bonds is 5. The summed E-state index contributed by atoms with van der Waals surface area (Å²) in [6.45, 7) is 1.88. The first-order chi connectivity index (χ1) is 10.7. The van der Waals surface area contributed by atoms with Crippen molar-refractivity contribution in [3.63, 3.8) is 0 Å². The molecule has 0 fully saturated rings. The Morgan fingerprint density at radius 3 is 2.68 bits per heavy atom. The van der Waals surface area contributed by atoms with Crippen molar-refractivity contribution in [3.05, 3.63) is 77.8 Å². The second-order valence-corrected chi connectivity index (χ2v) is 4.67. The van der Waals surface area contributed by atoms with Crippen molar-refractivity contribution in [1.82, 2.24) is 5.32 Å². The molecule has 2 aromatic rings. The minimum atomic E-state index is -0.400. The highest BCUT2D eigenvalue weighted by Gasteiger charge is 2.12. The maximum atomic E-state index is 12.1. The van der Waals surface area contributed by atoms with Gasteiger partial charge in [-0.2, -0.15) is 5.26 Å². The van der Waals surface area contributed by atoms with Gasteiger partial charge in [-0.25, -0.2) is 0 Å². The number of nitriles is 1. The fourth-order valence-corrected chi connectivity index (χ4v) is 1.89. The zero-order valence-electron chi connectivity index (χ0n) is 12.2.